The maximum Gasteiger partial charge on any atom is 0.410 e. The van der Waals surface area contributed by atoms with E-state index in [0.717, 1.165) is 44.9 Å². The number of ether oxygens (including phenoxy) is 1. The van der Waals surface area contributed by atoms with Gasteiger partial charge in [0.15, 0.2) is 0 Å². The molecule has 0 aliphatic rings. The van der Waals surface area contributed by atoms with Crippen LogP contribution in [-0.4, -0.2) is 86.7 Å². The third kappa shape index (κ3) is 19.7. The Morgan fingerprint density at radius 1 is 0.641 bits per heavy atom. The quantitative estimate of drug-likeness (QED) is 0.0813. The van der Waals surface area contributed by atoms with E-state index in [0.29, 0.717) is 6.61 Å². The summed E-state index contributed by atoms with van der Waals surface area (Å²) in [5.74, 6) is 0. The molecule has 0 heterocycles. The molecule has 5 N–H and O–H groups in total. The van der Waals surface area contributed by atoms with Crippen molar-refractivity contribution in [2.24, 2.45) is 0 Å². The first-order valence-corrected chi connectivity index (χ1v) is 16.1. The zero-order valence-electron chi connectivity index (χ0n) is 25.4. The molecular weight excluding hydrogens is 498 g/mol. The normalized spacial score (nSPS) is 15.5. The number of carbonyl (C=O) groups excluding carboxylic acids is 1. The van der Waals surface area contributed by atoms with Gasteiger partial charge in [-0.05, 0) is 19.8 Å². The molecule has 234 valence electrons. The third-order valence-electron chi connectivity index (χ3n) is 7.67. The first kappa shape index (κ1) is 38.1. The van der Waals surface area contributed by atoms with Gasteiger partial charge >= 0.3 is 6.09 Å². The summed E-state index contributed by atoms with van der Waals surface area (Å²) >= 11 is 0. The minimum atomic E-state index is -1.72. The average molecular weight is 562 g/mol. The summed E-state index contributed by atoms with van der Waals surface area (Å²) in [6, 6.07) is -0.215. The molecular formula is C31H63NO7. The number of amides is 1. The number of carbonyl (C=O) groups is 1. The highest BCUT2D eigenvalue weighted by Gasteiger charge is 2.33. The highest BCUT2D eigenvalue weighted by molar-refractivity contribution is 5.68. The van der Waals surface area contributed by atoms with Gasteiger partial charge < -0.3 is 35.2 Å². The molecule has 0 saturated carbocycles. The van der Waals surface area contributed by atoms with Crippen molar-refractivity contribution in [2.75, 3.05) is 19.8 Å². The van der Waals surface area contributed by atoms with Crippen LogP contribution in [0.4, 0.5) is 4.79 Å². The van der Waals surface area contributed by atoms with Gasteiger partial charge in [-0.1, -0.05) is 123 Å². The van der Waals surface area contributed by atoms with Crippen molar-refractivity contribution in [3.05, 3.63) is 0 Å². The zero-order valence-corrected chi connectivity index (χ0v) is 25.4. The molecule has 39 heavy (non-hydrogen) atoms. The van der Waals surface area contributed by atoms with Gasteiger partial charge in [-0.25, -0.2) is 4.79 Å². The fourth-order valence-corrected chi connectivity index (χ4v) is 4.87. The minimum absolute atomic E-state index is 0.215. The minimum Gasteiger partial charge on any atom is -0.449 e. The molecule has 0 aromatic heterocycles. The number of aliphatic hydroxyl groups is 5. The lowest BCUT2D eigenvalue weighted by molar-refractivity contribution is -0.119. The molecule has 0 spiro atoms. The van der Waals surface area contributed by atoms with Gasteiger partial charge in [0.2, 0.25) is 0 Å². The summed E-state index contributed by atoms with van der Waals surface area (Å²) in [4.78, 5) is 14.4. The predicted octanol–water partition coefficient (Wildman–Crippen LogP) is 5.70. The Hall–Kier alpha value is -0.930. The van der Waals surface area contributed by atoms with E-state index < -0.39 is 37.1 Å². The van der Waals surface area contributed by atoms with Crippen LogP contribution in [0, 0.1) is 0 Å². The first-order chi connectivity index (χ1) is 18.8. The van der Waals surface area contributed by atoms with Gasteiger partial charge in [0, 0.05) is 6.04 Å². The topological polar surface area (TPSA) is 131 Å². The van der Waals surface area contributed by atoms with Crippen LogP contribution in [0.3, 0.4) is 0 Å². The Morgan fingerprint density at radius 2 is 1.05 bits per heavy atom. The average Bonchev–Trinajstić information content (AvgIpc) is 2.94. The molecule has 0 saturated heterocycles. The summed E-state index contributed by atoms with van der Waals surface area (Å²) in [6.45, 7) is 5.65. The van der Waals surface area contributed by atoms with Crippen LogP contribution in [0.15, 0.2) is 0 Å². The predicted molar refractivity (Wildman–Crippen MR) is 158 cm³/mol. The van der Waals surface area contributed by atoms with Crippen LogP contribution in [0.25, 0.3) is 0 Å². The maximum absolute atomic E-state index is 12.9. The van der Waals surface area contributed by atoms with Gasteiger partial charge in [0.05, 0.1) is 19.8 Å². The third-order valence-corrected chi connectivity index (χ3v) is 7.67. The van der Waals surface area contributed by atoms with Gasteiger partial charge in [-0.15, -0.1) is 0 Å². The Labute approximate surface area is 239 Å². The monoisotopic (exact) mass is 561 g/mol. The second-order valence-electron chi connectivity index (χ2n) is 11.4. The number of hydrogen-bond donors (Lipinski definition) is 5. The van der Waals surface area contributed by atoms with Crippen LogP contribution in [0.2, 0.25) is 0 Å². The molecule has 0 aliphatic carbocycles. The highest BCUT2D eigenvalue weighted by atomic mass is 16.6. The zero-order chi connectivity index (χ0) is 29.3. The number of nitrogens with zero attached hydrogens (tertiary/aromatic N) is 1. The summed E-state index contributed by atoms with van der Waals surface area (Å²) in [7, 11) is 0. The molecule has 0 rings (SSSR count). The summed E-state index contributed by atoms with van der Waals surface area (Å²) in [6.07, 6.45) is 15.2. The number of rotatable bonds is 27. The Balaban J connectivity index is 4.51. The van der Waals surface area contributed by atoms with Gasteiger partial charge in [-0.3, -0.25) is 0 Å². The summed E-state index contributed by atoms with van der Waals surface area (Å²) < 4.78 is 5.53. The SMILES string of the molecule is CCCCCCCCCCCCCCOC(=O)N(C[C@H](O)[C@@H](O)[C@H](O)[C@H](O)CO)C(C)CCCCCCCC. The molecule has 1 amide bonds. The highest BCUT2D eigenvalue weighted by Crippen LogP contribution is 2.17. The van der Waals surface area contributed by atoms with E-state index in [4.69, 9.17) is 9.84 Å². The second kappa shape index (κ2) is 26.0. The molecule has 0 radical (unpaired) electrons. The standard InChI is InChI=1S/C31H63NO7/c1-4-6-8-10-12-13-14-15-16-17-19-21-23-39-31(38)32(26(3)22-20-18-11-9-7-5-2)24-27(34)29(36)30(37)28(35)25-33/h26-30,33-37H,4-25H2,1-3H3/t26?,27-,28+,29+,30+/m0/s1. The van der Waals surface area contributed by atoms with E-state index in [-0.39, 0.29) is 12.6 Å². The smallest absolute Gasteiger partial charge is 0.410 e. The van der Waals surface area contributed by atoms with E-state index >= 15 is 0 Å². The molecule has 0 aromatic carbocycles. The van der Waals surface area contributed by atoms with Crippen molar-refractivity contribution in [1.82, 2.24) is 4.90 Å². The van der Waals surface area contributed by atoms with Crippen molar-refractivity contribution in [1.29, 1.82) is 0 Å². The van der Waals surface area contributed by atoms with Gasteiger partial charge in [0.25, 0.3) is 0 Å². The fourth-order valence-electron chi connectivity index (χ4n) is 4.87. The van der Waals surface area contributed by atoms with E-state index in [1.807, 2.05) is 6.92 Å². The van der Waals surface area contributed by atoms with Crippen LogP contribution in [-0.2, 0) is 4.74 Å². The summed E-state index contributed by atoms with van der Waals surface area (Å²) in [5, 5.41) is 49.4. The molecule has 0 aliphatic heterocycles. The Morgan fingerprint density at radius 3 is 1.51 bits per heavy atom. The van der Waals surface area contributed by atoms with Crippen LogP contribution >= 0.6 is 0 Å². The van der Waals surface area contributed by atoms with Crippen molar-refractivity contribution >= 4 is 6.09 Å². The molecule has 0 fully saturated rings. The lowest BCUT2D eigenvalue weighted by atomic mass is 10.0. The van der Waals surface area contributed by atoms with E-state index in [9.17, 15) is 25.2 Å². The van der Waals surface area contributed by atoms with Crippen LogP contribution < -0.4 is 0 Å². The van der Waals surface area contributed by atoms with Crippen molar-refractivity contribution in [3.63, 3.8) is 0 Å². The molecule has 0 bridgehead atoms. The Kier molecular flexibility index (Phi) is 25.4. The lowest BCUT2D eigenvalue weighted by Crippen LogP contribution is -2.52. The van der Waals surface area contributed by atoms with Crippen LogP contribution in [0.5, 0.6) is 0 Å². The van der Waals surface area contributed by atoms with E-state index in [2.05, 4.69) is 13.8 Å². The second-order valence-corrected chi connectivity index (χ2v) is 11.4. The van der Waals surface area contributed by atoms with E-state index in [1.165, 1.54) is 81.9 Å². The Bertz CT molecular complexity index is 551. The molecule has 8 nitrogen and oxygen atoms in total. The van der Waals surface area contributed by atoms with Crippen molar-refractivity contribution in [3.8, 4) is 0 Å². The maximum atomic E-state index is 12.9. The van der Waals surface area contributed by atoms with Gasteiger partial charge in [0.1, 0.15) is 24.4 Å². The largest absolute Gasteiger partial charge is 0.449 e. The lowest BCUT2D eigenvalue weighted by Gasteiger charge is -2.33. The molecule has 1 unspecified atom stereocenters. The fraction of sp³-hybridized carbons (Fsp3) is 0.968. The summed E-state index contributed by atoms with van der Waals surface area (Å²) in [5.41, 5.74) is 0. The molecule has 0 aromatic rings. The van der Waals surface area contributed by atoms with Gasteiger partial charge in [-0.2, -0.15) is 0 Å². The van der Waals surface area contributed by atoms with Crippen molar-refractivity contribution < 1.29 is 35.1 Å². The van der Waals surface area contributed by atoms with E-state index in [1.54, 1.807) is 0 Å². The molecule has 8 heteroatoms. The molecule has 5 atom stereocenters. The number of unbranched alkanes of at least 4 members (excludes halogenated alkanes) is 16. The van der Waals surface area contributed by atoms with Crippen molar-refractivity contribution in [2.45, 2.75) is 173 Å². The number of aliphatic hydroxyl groups excluding tert-OH is 5. The van der Waals surface area contributed by atoms with Crippen LogP contribution in [0.1, 0.15) is 143 Å². The first-order valence-electron chi connectivity index (χ1n) is 16.1. The number of hydrogen-bond acceptors (Lipinski definition) is 7.